The summed E-state index contributed by atoms with van der Waals surface area (Å²) in [6.07, 6.45) is 3.95. The van der Waals surface area contributed by atoms with Gasteiger partial charge in [0.1, 0.15) is 0 Å². The Hall–Kier alpha value is -4.15. The second-order valence-electron chi connectivity index (χ2n) is 10.2. The standard InChI is InChI=1S/C29H34N8O2/c1-19-16-20(6-9-22(19)29(38)33-21-7-8-21)26-18-32-28-25(31-10-11-36-12-14-39-15-13-36)17-27(35-37(26)28)34-24-5-3-2-4-23(24)30/h2-6,9,16-18,21,31H,7-8,10-15,30H2,1H3,(H,33,38)(H,34,35). The molecule has 4 aromatic rings. The lowest BCUT2D eigenvalue weighted by Gasteiger charge is -2.26. The molecule has 1 aliphatic carbocycles. The third kappa shape index (κ3) is 5.67. The zero-order valence-electron chi connectivity index (χ0n) is 22.1. The molecule has 1 saturated heterocycles. The quantitative estimate of drug-likeness (QED) is 0.244. The van der Waals surface area contributed by atoms with Crippen molar-refractivity contribution in [1.82, 2.24) is 24.8 Å². The largest absolute Gasteiger partial charge is 0.397 e. The van der Waals surface area contributed by atoms with E-state index < -0.39 is 0 Å². The lowest BCUT2D eigenvalue weighted by molar-refractivity contribution is 0.0398. The number of anilines is 4. The van der Waals surface area contributed by atoms with Gasteiger partial charge in [-0.3, -0.25) is 9.69 Å². The van der Waals surface area contributed by atoms with Gasteiger partial charge in [0, 0.05) is 49.4 Å². The number of benzene rings is 2. The predicted molar refractivity (Wildman–Crippen MR) is 154 cm³/mol. The molecule has 2 aromatic heterocycles. The summed E-state index contributed by atoms with van der Waals surface area (Å²) in [6, 6.07) is 15.8. The van der Waals surface area contributed by atoms with Crippen molar-refractivity contribution in [2.45, 2.75) is 25.8 Å². The van der Waals surface area contributed by atoms with Gasteiger partial charge in [0.15, 0.2) is 11.5 Å². The maximum Gasteiger partial charge on any atom is 0.251 e. The average Bonchev–Trinajstić information content (AvgIpc) is 3.65. The second-order valence-corrected chi connectivity index (χ2v) is 10.2. The van der Waals surface area contributed by atoms with E-state index in [4.69, 9.17) is 20.6 Å². The predicted octanol–water partition coefficient (Wildman–Crippen LogP) is 3.67. The normalized spacial score (nSPS) is 15.8. The highest BCUT2D eigenvalue weighted by molar-refractivity contribution is 5.96. The van der Waals surface area contributed by atoms with Crippen LogP contribution in [0.2, 0.25) is 0 Å². The highest BCUT2D eigenvalue weighted by Crippen LogP contribution is 2.30. The Morgan fingerprint density at radius 3 is 2.69 bits per heavy atom. The number of hydrogen-bond acceptors (Lipinski definition) is 8. The van der Waals surface area contributed by atoms with Crippen molar-refractivity contribution in [2.24, 2.45) is 0 Å². The van der Waals surface area contributed by atoms with Gasteiger partial charge in [-0.2, -0.15) is 0 Å². The van der Waals surface area contributed by atoms with Gasteiger partial charge in [0.05, 0.1) is 42.2 Å². The van der Waals surface area contributed by atoms with Crippen LogP contribution in [0.5, 0.6) is 0 Å². The molecule has 0 bridgehead atoms. The number of rotatable bonds is 9. The number of nitrogens with two attached hydrogens (primary N) is 1. The SMILES string of the molecule is Cc1cc(-c2cnc3c(NCCN4CCOCC4)cc(Nc4ccccc4N)nn23)ccc1C(=O)NC1CC1. The number of aryl methyl sites for hydroxylation is 1. The van der Waals surface area contributed by atoms with Crippen molar-refractivity contribution >= 4 is 34.4 Å². The van der Waals surface area contributed by atoms with Crippen LogP contribution in [0.1, 0.15) is 28.8 Å². The minimum atomic E-state index is -0.0171. The molecule has 10 nitrogen and oxygen atoms in total. The molecule has 1 amide bonds. The van der Waals surface area contributed by atoms with Gasteiger partial charge in [-0.25, -0.2) is 9.50 Å². The Balaban J connectivity index is 1.32. The number of nitrogens with one attached hydrogen (secondary N) is 3. The molecular formula is C29H34N8O2. The van der Waals surface area contributed by atoms with Crippen molar-refractivity contribution in [3.63, 3.8) is 0 Å². The molecule has 6 rings (SSSR count). The summed E-state index contributed by atoms with van der Waals surface area (Å²) in [5.41, 5.74) is 12.6. The lowest BCUT2D eigenvalue weighted by Crippen LogP contribution is -2.39. The van der Waals surface area contributed by atoms with Crippen molar-refractivity contribution in [3.05, 3.63) is 65.9 Å². The van der Waals surface area contributed by atoms with E-state index in [0.717, 1.165) is 86.1 Å². The van der Waals surface area contributed by atoms with E-state index in [1.165, 1.54) is 0 Å². The Labute approximate surface area is 227 Å². The molecule has 2 fully saturated rings. The third-order valence-electron chi connectivity index (χ3n) is 7.22. The highest BCUT2D eigenvalue weighted by Gasteiger charge is 2.24. The molecule has 202 valence electrons. The fourth-order valence-electron chi connectivity index (χ4n) is 4.85. The van der Waals surface area contributed by atoms with Crippen LogP contribution in [0.15, 0.2) is 54.7 Å². The fourth-order valence-corrected chi connectivity index (χ4v) is 4.85. The molecule has 1 saturated carbocycles. The van der Waals surface area contributed by atoms with Crippen molar-refractivity contribution < 1.29 is 9.53 Å². The molecular weight excluding hydrogens is 492 g/mol. The topological polar surface area (TPSA) is 122 Å². The van der Waals surface area contributed by atoms with Gasteiger partial charge in [-0.1, -0.05) is 18.2 Å². The first kappa shape index (κ1) is 25.1. The van der Waals surface area contributed by atoms with Crippen LogP contribution in [0.3, 0.4) is 0 Å². The first-order valence-corrected chi connectivity index (χ1v) is 13.5. The fraction of sp³-hybridized carbons (Fsp3) is 0.345. The number of morpholine rings is 1. The number of aromatic nitrogens is 3. The second kappa shape index (κ2) is 10.9. The number of para-hydroxylation sites is 2. The first-order valence-electron chi connectivity index (χ1n) is 13.5. The highest BCUT2D eigenvalue weighted by atomic mass is 16.5. The Morgan fingerprint density at radius 2 is 1.92 bits per heavy atom. The lowest BCUT2D eigenvalue weighted by atomic mass is 10.0. The molecule has 0 spiro atoms. The van der Waals surface area contributed by atoms with E-state index in [2.05, 4.69) is 20.9 Å². The summed E-state index contributed by atoms with van der Waals surface area (Å²) in [5, 5.41) is 14.9. The molecule has 1 aliphatic heterocycles. The smallest absolute Gasteiger partial charge is 0.251 e. The molecule has 2 aromatic carbocycles. The molecule has 2 aliphatic rings. The summed E-state index contributed by atoms with van der Waals surface area (Å²) in [7, 11) is 0. The summed E-state index contributed by atoms with van der Waals surface area (Å²) in [5.74, 6) is 0.627. The number of carbonyl (C=O) groups is 1. The monoisotopic (exact) mass is 526 g/mol. The number of imidazole rings is 1. The number of ether oxygens (including phenoxy) is 1. The Morgan fingerprint density at radius 1 is 1.10 bits per heavy atom. The average molecular weight is 527 g/mol. The number of amides is 1. The number of carbonyl (C=O) groups excluding carboxylic acids is 1. The molecule has 3 heterocycles. The van der Waals surface area contributed by atoms with Crippen LogP contribution in [-0.4, -0.2) is 70.8 Å². The van der Waals surface area contributed by atoms with Crippen LogP contribution in [0, 0.1) is 6.92 Å². The Kier molecular flexibility index (Phi) is 7.04. The van der Waals surface area contributed by atoms with Crippen LogP contribution < -0.4 is 21.7 Å². The van der Waals surface area contributed by atoms with E-state index in [-0.39, 0.29) is 5.91 Å². The van der Waals surface area contributed by atoms with Gasteiger partial charge in [0.25, 0.3) is 5.91 Å². The van der Waals surface area contributed by atoms with Gasteiger partial charge in [-0.05, 0) is 49.6 Å². The van der Waals surface area contributed by atoms with E-state index in [9.17, 15) is 4.79 Å². The zero-order valence-corrected chi connectivity index (χ0v) is 22.1. The van der Waals surface area contributed by atoms with Crippen LogP contribution >= 0.6 is 0 Å². The van der Waals surface area contributed by atoms with Crippen LogP contribution in [-0.2, 0) is 4.74 Å². The number of nitrogens with zero attached hydrogens (tertiary/aromatic N) is 4. The molecule has 0 atom stereocenters. The van der Waals surface area contributed by atoms with E-state index in [1.807, 2.05) is 66.2 Å². The zero-order chi connectivity index (χ0) is 26.8. The summed E-state index contributed by atoms with van der Waals surface area (Å²) >= 11 is 0. The minimum absolute atomic E-state index is 0.0171. The van der Waals surface area contributed by atoms with Crippen LogP contribution in [0.25, 0.3) is 16.9 Å². The maximum atomic E-state index is 12.7. The third-order valence-corrected chi connectivity index (χ3v) is 7.22. The minimum Gasteiger partial charge on any atom is -0.397 e. The van der Waals surface area contributed by atoms with Crippen molar-refractivity contribution in [1.29, 1.82) is 0 Å². The van der Waals surface area contributed by atoms with E-state index in [1.54, 1.807) is 0 Å². The molecule has 10 heteroatoms. The van der Waals surface area contributed by atoms with E-state index in [0.29, 0.717) is 23.1 Å². The molecule has 5 N–H and O–H groups in total. The van der Waals surface area contributed by atoms with Gasteiger partial charge in [0.2, 0.25) is 0 Å². The van der Waals surface area contributed by atoms with Gasteiger partial charge in [-0.15, -0.1) is 5.10 Å². The molecule has 39 heavy (non-hydrogen) atoms. The van der Waals surface area contributed by atoms with Gasteiger partial charge < -0.3 is 26.4 Å². The van der Waals surface area contributed by atoms with E-state index >= 15 is 0 Å². The first-order chi connectivity index (χ1) is 19.0. The number of fused-ring (bicyclic) bond motifs is 1. The molecule has 0 unspecified atom stereocenters. The van der Waals surface area contributed by atoms with Crippen LogP contribution in [0.4, 0.5) is 22.9 Å². The Bertz CT molecular complexity index is 1490. The van der Waals surface area contributed by atoms with Gasteiger partial charge >= 0.3 is 0 Å². The number of nitrogen functional groups attached to an aromatic ring is 1. The van der Waals surface area contributed by atoms with Crippen molar-refractivity contribution in [2.75, 3.05) is 55.8 Å². The summed E-state index contributed by atoms with van der Waals surface area (Å²) < 4.78 is 7.32. The number of hydrogen-bond donors (Lipinski definition) is 4. The maximum absolute atomic E-state index is 12.7. The summed E-state index contributed by atoms with van der Waals surface area (Å²) in [4.78, 5) is 19.8. The van der Waals surface area contributed by atoms with Crippen molar-refractivity contribution in [3.8, 4) is 11.3 Å². The summed E-state index contributed by atoms with van der Waals surface area (Å²) in [6.45, 7) is 7.06. The molecule has 0 radical (unpaired) electrons.